The predicted molar refractivity (Wildman–Crippen MR) is 91.3 cm³/mol. The molecule has 4 heteroatoms. The molecule has 1 aliphatic heterocycles. The van der Waals surface area contributed by atoms with Crippen molar-refractivity contribution >= 4 is 11.8 Å². The van der Waals surface area contributed by atoms with E-state index in [1.54, 1.807) is 6.08 Å². The van der Waals surface area contributed by atoms with Crippen LogP contribution in [0, 0.1) is 17.3 Å². The molecule has 0 radical (unpaired) electrons. The van der Waals surface area contributed by atoms with Crippen LogP contribution in [0.15, 0.2) is 11.6 Å². The number of fused-ring (bicyclic) bond motifs is 2. The van der Waals surface area contributed by atoms with Crippen molar-refractivity contribution in [2.75, 3.05) is 0 Å². The first-order chi connectivity index (χ1) is 11.1. The van der Waals surface area contributed by atoms with Crippen molar-refractivity contribution in [2.24, 2.45) is 17.3 Å². The Morgan fingerprint density at radius 2 is 1.96 bits per heavy atom. The fourth-order valence-corrected chi connectivity index (χ4v) is 5.04. The maximum Gasteiger partial charge on any atom is 0.312 e. The van der Waals surface area contributed by atoms with Crippen LogP contribution in [0.25, 0.3) is 0 Å². The van der Waals surface area contributed by atoms with Crippen LogP contribution in [0.2, 0.25) is 0 Å². The van der Waals surface area contributed by atoms with E-state index in [-0.39, 0.29) is 23.6 Å². The molecule has 1 saturated carbocycles. The summed E-state index contributed by atoms with van der Waals surface area (Å²) in [5.74, 6) is 0.307. The van der Waals surface area contributed by atoms with E-state index in [1.807, 2.05) is 27.7 Å². The first kappa shape index (κ1) is 17.7. The lowest BCUT2D eigenvalue weighted by Crippen LogP contribution is -2.42. The van der Waals surface area contributed by atoms with Gasteiger partial charge in [-0.25, -0.2) is 0 Å². The van der Waals surface area contributed by atoms with Crippen LogP contribution in [-0.2, 0) is 14.3 Å². The lowest BCUT2D eigenvalue weighted by Gasteiger charge is -2.40. The van der Waals surface area contributed by atoms with Crippen LogP contribution in [-0.4, -0.2) is 28.1 Å². The van der Waals surface area contributed by atoms with Crippen molar-refractivity contribution in [3.8, 4) is 0 Å². The van der Waals surface area contributed by atoms with Gasteiger partial charge in [-0.05, 0) is 69.9 Å². The van der Waals surface area contributed by atoms with Crippen molar-refractivity contribution in [3.05, 3.63) is 11.6 Å². The van der Waals surface area contributed by atoms with Gasteiger partial charge in [0.1, 0.15) is 5.60 Å². The van der Waals surface area contributed by atoms with Crippen molar-refractivity contribution in [1.82, 2.24) is 0 Å². The van der Waals surface area contributed by atoms with Crippen LogP contribution in [0.3, 0.4) is 0 Å². The molecular formula is C20H30O4. The van der Waals surface area contributed by atoms with Crippen molar-refractivity contribution < 1.29 is 19.4 Å². The topological polar surface area (TPSA) is 63.6 Å². The third-order valence-electron chi connectivity index (χ3n) is 6.90. The van der Waals surface area contributed by atoms with Gasteiger partial charge in [-0.2, -0.15) is 0 Å². The van der Waals surface area contributed by atoms with Gasteiger partial charge in [0.25, 0.3) is 0 Å². The quantitative estimate of drug-likeness (QED) is 0.798. The summed E-state index contributed by atoms with van der Waals surface area (Å²) >= 11 is 0. The normalized spacial score (nSPS) is 42.2. The van der Waals surface area contributed by atoms with Crippen molar-refractivity contribution in [2.45, 2.75) is 83.8 Å². The van der Waals surface area contributed by atoms with E-state index in [2.05, 4.69) is 0 Å². The fourth-order valence-electron chi connectivity index (χ4n) is 5.04. The van der Waals surface area contributed by atoms with E-state index in [9.17, 15) is 14.7 Å². The number of allylic oxidation sites excluding steroid dienone is 1. The SMILES string of the molecule is CC(C)[C@]1(O)C=C(CC[C@H]2[C@@]3(C)CCC[C@]2(C)OC3=O)C(=O)CC1. The highest BCUT2D eigenvalue weighted by atomic mass is 16.6. The molecule has 1 N–H and O–H groups in total. The Kier molecular flexibility index (Phi) is 4.18. The van der Waals surface area contributed by atoms with E-state index in [0.717, 1.165) is 31.3 Å². The van der Waals surface area contributed by atoms with Crippen LogP contribution in [0.5, 0.6) is 0 Å². The average molecular weight is 334 g/mol. The Bertz CT molecular complexity index is 592. The smallest absolute Gasteiger partial charge is 0.312 e. The second kappa shape index (κ2) is 5.69. The molecular weight excluding hydrogens is 304 g/mol. The zero-order valence-electron chi connectivity index (χ0n) is 15.4. The third-order valence-corrected chi connectivity index (χ3v) is 6.90. The molecule has 0 aromatic carbocycles. The lowest BCUT2D eigenvalue weighted by atomic mass is 9.61. The number of carbonyl (C=O) groups excluding carboxylic acids is 2. The summed E-state index contributed by atoms with van der Waals surface area (Å²) in [6, 6.07) is 0. The van der Waals surface area contributed by atoms with Crippen LogP contribution in [0.1, 0.15) is 72.6 Å². The second-order valence-electron chi connectivity index (χ2n) is 8.80. The molecule has 134 valence electrons. The third kappa shape index (κ3) is 2.63. The van der Waals surface area contributed by atoms with Crippen molar-refractivity contribution in [1.29, 1.82) is 0 Å². The summed E-state index contributed by atoms with van der Waals surface area (Å²) in [5.41, 5.74) is -0.951. The Morgan fingerprint density at radius 1 is 1.25 bits per heavy atom. The summed E-state index contributed by atoms with van der Waals surface area (Å²) in [7, 11) is 0. The molecule has 1 saturated heterocycles. The molecule has 4 nitrogen and oxygen atoms in total. The summed E-state index contributed by atoms with van der Waals surface area (Å²) in [5, 5.41) is 10.7. The number of carbonyl (C=O) groups is 2. The summed E-state index contributed by atoms with van der Waals surface area (Å²) in [4.78, 5) is 24.7. The van der Waals surface area contributed by atoms with Crippen molar-refractivity contribution in [3.63, 3.8) is 0 Å². The molecule has 1 heterocycles. The number of ketones is 1. The van der Waals surface area contributed by atoms with Gasteiger partial charge in [-0.1, -0.05) is 13.8 Å². The molecule has 3 rings (SSSR count). The highest BCUT2D eigenvalue weighted by Gasteiger charge is 2.61. The van der Waals surface area contributed by atoms with Crippen LogP contribution >= 0.6 is 0 Å². The largest absolute Gasteiger partial charge is 0.459 e. The Hall–Kier alpha value is -1.16. The molecule has 0 aromatic heterocycles. The second-order valence-corrected chi connectivity index (χ2v) is 8.80. The van der Waals surface area contributed by atoms with Gasteiger partial charge in [0, 0.05) is 12.3 Å². The van der Waals surface area contributed by atoms with E-state index in [0.29, 0.717) is 19.3 Å². The minimum Gasteiger partial charge on any atom is -0.459 e. The molecule has 4 atom stereocenters. The number of hydrogen-bond acceptors (Lipinski definition) is 4. The van der Waals surface area contributed by atoms with Gasteiger partial charge < -0.3 is 9.84 Å². The van der Waals surface area contributed by atoms with E-state index in [4.69, 9.17) is 4.74 Å². The van der Waals surface area contributed by atoms with E-state index >= 15 is 0 Å². The first-order valence-corrected chi connectivity index (χ1v) is 9.31. The minimum absolute atomic E-state index is 0.0739. The number of aliphatic hydroxyl groups is 1. The monoisotopic (exact) mass is 334 g/mol. The first-order valence-electron chi connectivity index (χ1n) is 9.31. The van der Waals surface area contributed by atoms with E-state index in [1.165, 1.54) is 0 Å². The molecule has 0 amide bonds. The maximum atomic E-state index is 12.4. The van der Waals surface area contributed by atoms with Gasteiger partial charge in [-0.15, -0.1) is 0 Å². The van der Waals surface area contributed by atoms with Gasteiger partial charge in [-0.3, -0.25) is 9.59 Å². The summed E-state index contributed by atoms with van der Waals surface area (Å²) in [6.07, 6.45) is 6.90. The summed E-state index contributed by atoms with van der Waals surface area (Å²) < 4.78 is 5.74. The highest BCUT2D eigenvalue weighted by Crippen LogP contribution is 2.57. The highest BCUT2D eigenvalue weighted by molar-refractivity contribution is 5.96. The van der Waals surface area contributed by atoms with Crippen LogP contribution in [0.4, 0.5) is 0 Å². The number of Topliss-reactive ketones (excluding diaryl/α,β-unsaturated/α-hetero) is 1. The average Bonchev–Trinajstić information content (AvgIpc) is 2.59. The molecule has 2 bridgehead atoms. The molecule has 2 aliphatic carbocycles. The zero-order chi connectivity index (χ0) is 17.8. The van der Waals surface area contributed by atoms with Gasteiger partial charge in [0.2, 0.25) is 0 Å². The summed E-state index contributed by atoms with van der Waals surface area (Å²) in [6.45, 7) is 8.03. The standard InChI is InChI=1S/C20H30O4/c1-13(2)20(23)11-8-15(21)14(12-20)6-7-16-18(3)9-5-10-19(16,4)24-17(18)22/h12-13,16,23H,5-11H2,1-4H3/t16-,18+,19-,20+/m0/s1. The number of hydrogen-bond donors (Lipinski definition) is 1. The Morgan fingerprint density at radius 3 is 2.58 bits per heavy atom. The molecule has 3 aliphatic rings. The van der Waals surface area contributed by atoms with Gasteiger partial charge >= 0.3 is 5.97 Å². The number of rotatable bonds is 4. The minimum atomic E-state index is -0.880. The molecule has 0 unspecified atom stereocenters. The van der Waals surface area contributed by atoms with Gasteiger partial charge in [0.05, 0.1) is 11.0 Å². The fraction of sp³-hybridized carbons (Fsp3) is 0.800. The molecule has 0 spiro atoms. The molecule has 2 fully saturated rings. The predicted octanol–water partition coefficient (Wildman–Crippen LogP) is 3.56. The van der Waals surface area contributed by atoms with E-state index < -0.39 is 16.6 Å². The Labute approximate surface area is 144 Å². The van der Waals surface area contributed by atoms with Gasteiger partial charge in [0.15, 0.2) is 5.78 Å². The maximum absolute atomic E-state index is 12.4. The zero-order valence-corrected chi connectivity index (χ0v) is 15.4. The van der Waals surface area contributed by atoms with Crippen LogP contribution < -0.4 is 0 Å². The lowest BCUT2D eigenvalue weighted by molar-refractivity contribution is -0.151. The number of ether oxygens (including phenoxy) is 1. The molecule has 24 heavy (non-hydrogen) atoms. The Balaban J connectivity index is 1.79. The molecule has 0 aromatic rings. The number of esters is 1.